The molecule has 0 spiro atoms. The predicted octanol–water partition coefficient (Wildman–Crippen LogP) is 4.55. The molecular weight excluding hydrogens is 328 g/mol. The van der Waals surface area contributed by atoms with Gasteiger partial charge in [0.15, 0.2) is 6.10 Å². The number of ether oxygens (including phenoxy) is 2. The van der Waals surface area contributed by atoms with E-state index >= 15 is 0 Å². The number of hydrogen-bond donors (Lipinski definition) is 0. The summed E-state index contributed by atoms with van der Waals surface area (Å²) in [6.45, 7) is 2.45. The van der Waals surface area contributed by atoms with Gasteiger partial charge in [0, 0.05) is 0 Å². The number of carbonyl (C=O) groups excluding carboxylic acids is 2. The molecule has 1 saturated heterocycles. The lowest BCUT2D eigenvalue weighted by Crippen LogP contribution is -2.28. The van der Waals surface area contributed by atoms with Crippen molar-refractivity contribution in [3.8, 4) is 0 Å². The maximum atomic E-state index is 13.1. The van der Waals surface area contributed by atoms with Crippen LogP contribution in [0.3, 0.4) is 0 Å². The molecule has 4 nitrogen and oxygen atoms in total. The van der Waals surface area contributed by atoms with Gasteiger partial charge in [0.2, 0.25) is 0 Å². The monoisotopic (exact) mass is 348 g/mol. The van der Waals surface area contributed by atoms with Crippen molar-refractivity contribution in [2.75, 3.05) is 6.61 Å². The number of benzene rings is 3. The average molecular weight is 348 g/mol. The molecule has 0 radical (unpaired) electrons. The molecule has 4 heteroatoms. The normalized spacial score (nSPS) is 17.7. The van der Waals surface area contributed by atoms with Crippen molar-refractivity contribution >= 4 is 33.5 Å². The van der Waals surface area contributed by atoms with E-state index in [-0.39, 0.29) is 0 Å². The molecule has 0 N–H and O–H groups in total. The van der Waals surface area contributed by atoms with Crippen LogP contribution in [-0.4, -0.2) is 24.6 Å². The molecule has 0 aliphatic carbocycles. The molecule has 1 unspecified atom stereocenters. The summed E-state index contributed by atoms with van der Waals surface area (Å²) < 4.78 is 10.7. The fourth-order valence-electron chi connectivity index (χ4n) is 3.68. The summed E-state index contributed by atoms with van der Waals surface area (Å²) in [7, 11) is 0. The number of cyclic esters (lactones) is 1. The van der Waals surface area contributed by atoms with Crippen LogP contribution in [0.1, 0.15) is 35.2 Å². The Labute approximate surface area is 151 Å². The van der Waals surface area contributed by atoms with Gasteiger partial charge >= 0.3 is 11.9 Å². The minimum atomic E-state index is -0.830. The second-order valence-electron chi connectivity index (χ2n) is 6.65. The lowest BCUT2D eigenvalue weighted by Gasteiger charge is -2.17. The highest BCUT2D eigenvalue weighted by Crippen LogP contribution is 2.33. The van der Waals surface area contributed by atoms with Gasteiger partial charge in [-0.3, -0.25) is 0 Å². The first-order valence-corrected chi connectivity index (χ1v) is 8.94. The van der Waals surface area contributed by atoms with E-state index in [1.165, 1.54) is 0 Å². The van der Waals surface area contributed by atoms with E-state index in [0.717, 1.165) is 39.9 Å². The van der Waals surface area contributed by atoms with Crippen molar-refractivity contribution in [2.24, 2.45) is 0 Å². The standard InChI is InChI=1S/C22H20O4/c1-14-15-8-2-4-10-17(15)20(18-11-5-3-9-16(14)18)22(24)26-19-12-6-7-13-25-21(19)23/h2-5,8-11,19H,6-7,12-13H2,1H3. The molecule has 0 amide bonds. The smallest absolute Gasteiger partial charge is 0.347 e. The second kappa shape index (κ2) is 6.79. The Bertz CT molecular complexity index is 949. The summed E-state index contributed by atoms with van der Waals surface area (Å²) in [5.41, 5.74) is 1.64. The molecule has 4 rings (SSSR count). The molecule has 132 valence electrons. The van der Waals surface area contributed by atoms with Gasteiger partial charge in [-0.15, -0.1) is 0 Å². The number of carbonyl (C=O) groups is 2. The van der Waals surface area contributed by atoms with Crippen LogP contribution in [0.4, 0.5) is 0 Å². The SMILES string of the molecule is Cc1c2ccccc2c(C(=O)OC2CCCCOC2=O)c2ccccc12. The zero-order chi connectivity index (χ0) is 18.1. The number of aryl methyl sites for hydroxylation is 1. The van der Waals surface area contributed by atoms with Crippen molar-refractivity contribution in [1.29, 1.82) is 0 Å². The highest BCUT2D eigenvalue weighted by Gasteiger charge is 2.28. The zero-order valence-corrected chi connectivity index (χ0v) is 14.7. The Hall–Kier alpha value is -2.88. The van der Waals surface area contributed by atoms with Gasteiger partial charge in [0.25, 0.3) is 0 Å². The minimum Gasteiger partial charge on any atom is -0.463 e. The first kappa shape index (κ1) is 16.6. The van der Waals surface area contributed by atoms with Gasteiger partial charge in [0.1, 0.15) is 0 Å². The Kier molecular flexibility index (Phi) is 4.33. The summed E-state index contributed by atoms with van der Waals surface area (Å²) in [6.07, 6.45) is 1.28. The Morgan fingerprint density at radius 1 is 0.962 bits per heavy atom. The van der Waals surface area contributed by atoms with Gasteiger partial charge in [-0.2, -0.15) is 0 Å². The summed E-state index contributed by atoms with van der Waals surface area (Å²) >= 11 is 0. The van der Waals surface area contributed by atoms with Gasteiger partial charge in [-0.25, -0.2) is 9.59 Å². The van der Waals surface area contributed by atoms with Crippen LogP contribution in [0.25, 0.3) is 21.5 Å². The largest absolute Gasteiger partial charge is 0.463 e. The maximum absolute atomic E-state index is 13.1. The number of esters is 2. The maximum Gasteiger partial charge on any atom is 0.347 e. The van der Waals surface area contributed by atoms with E-state index in [1.807, 2.05) is 48.5 Å². The fourth-order valence-corrected chi connectivity index (χ4v) is 3.68. The first-order chi connectivity index (χ1) is 12.7. The lowest BCUT2D eigenvalue weighted by atomic mass is 9.92. The molecule has 0 aromatic heterocycles. The van der Waals surface area contributed by atoms with Crippen LogP contribution in [0.2, 0.25) is 0 Å². The second-order valence-corrected chi connectivity index (χ2v) is 6.65. The molecule has 1 atom stereocenters. The Morgan fingerprint density at radius 2 is 1.54 bits per heavy atom. The van der Waals surface area contributed by atoms with Crippen molar-refractivity contribution < 1.29 is 19.1 Å². The Balaban J connectivity index is 1.85. The number of fused-ring (bicyclic) bond motifs is 2. The predicted molar refractivity (Wildman–Crippen MR) is 100 cm³/mol. The number of hydrogen-bond acceptors (Lipinski definition) is 4. The van der Waals surface area contributed by atoms with Crippen molar-refractivity contribution in [3.63, 3.8) is 0 Å². The van der Waals surface area contributed by atoms with Gasteiger partial charge in [-0.05, 0) is 53.3 Å². The zero-order valence-electron chi connectivity index (χ0n) is 14.7. The van der Waals surface area contributed by atoms with Crippen molar-refractivity contribution in [1.82, 2.24) is 0 Å². The van der Waals surface area contributed by atoms with Gasteiger partial charge < -0.3 is 9.47 Å². The third-order valence-electron chi connectivity index (χ3n) is 5.02. The van der Waals surface area contributed by atoms with Crippen LogP contribution in [0.5, 0.6) is 0 Å². The number of rotatable bonds is 2. The minimum absolute atomic E-state index is 0.392. The van der Waals surface area contributed by atoms with Crippen LogP contribution >= 0.6 is 0 Å². The van der Waals surface area contributed by atoms with Crippen molar-refractivity contribution in [2.45, 2.75) is 32.3 Å². The molecule has 3 aromatic carbocycles. The highest BCUT2D eigenvalue weighted by atomic mass is 16.6. The first-order valence-electron chi connectivity index (χ1n) is 8.94. The van der Waals surface area contributed by atoms with Crippen LogP contribution < -0.4 is 0 Å². The summed E-state index contributed by atoms with van der Waals surface area (Å²) in [4.78, 5) is 25.1. The van der Waals surface area contributed by atoms with Crippen LogP contribution in [0, 0.1) is 6.92 Å². The van der Waals surface area contributed by atoms with Crippen LogP contribution in [0.15, 0.2) is 48.5 Å². The quantitative estimate of drug-likeness (QED) is 0.503. The molecule has 1 heterocycles. The molecule has 1 fully saturated rings. The Morgan fingerprint density at radius 3 is 2.15 bits per heavy atom. The molecular formula is C22H20O4. The van der Waals surface area contributed by atoms with E-state index in [9.17, 15) is 9.59 Å². The van der Waals surface area contributed by atoms with E-state index in [4.69, 9.17) is 9.47 Å². The van der Waals surface area contributed by atoms with E-state index in [2.05, 4.69) is 6.92 Å². The molecule has 26 heavy (non-hydrogen) atoms. The summed E-state index contributed by atoms with van der Waals surface area (Å²) in [6, 6.07) is 15.6. The van der Waals surface area contributed by atoms with Crippen LogP contribution in [-0.2, 0) is 14.3 Å². The third kappa shape index (κ3) is 2.81. The summed E-state index contributed by atoms with van der Waals surface area (Å²) in [5, 5.41) is 3.72. The molecule has 1 aliphatic heterocycles. The molecule has 0 bridgehead atoms. The van der Waals surface area contributed by atoms with E-state index in [0.29, 0.717) is 18.6 Å². The fraction of sp³-hybridized carbons (Fsp3) is 0.273. The van der Waals surface area contributed by atoms with Gasteiger partial charge in [0.05, 0.1) is 12.2 Å². The molecule has 1 aliphatic rings. The highest BCUT2D eigenvalue weighted by molar-refractivity contribution is 6.18. The van der Waals surface area contributed by atoms with E-state index < -0.39 is 18.0 Å². The lowest BCUT2D eigenvalue weighted by molar-refractivity contribution is -0.152. The average Bonchev–Trinajstić information content (AvgIpc) is 2.86. The molecule has 0 saturated carbocycles. The molecule has 3 aromatic rings. The van der Waals surface area contributed by atoms with Crippen molar-refractivity contribution in [3.05, 3.63) is 59.7 Å². The third-order valence-corrected chi connectivity index (χ3v) is 5.02. The van der Waals surface area contributed by atoms with E-state index in [1.54, 1.807) is 0 Å². The van der Waals surface area contributed by atoms with Gasteiger partial charge in [-0.1, -0.05) is 48.5 Å². The summed E-state index contributed by atoms with van der Waals surface area (Å²) in [5.74, 6) is -0.919. The topological polar surface area (TPSA) is 52.6 Å².